The third-order valence-corrected chi connectivity index (χ3v) is 6.39. The molecule has 3 aromatic rings. The predicted octanol–water partition coefficient (Wildman–Crippen LogP) is 6.08. The van der Waals surface area contributed by atoms with Gasteiger partial charge in [0.25, 0.3) is 0 Å². The second-order valence-electron chi connectivity index (χ2n) is 10.1. The van der Waals surface area contributed by atoms with Crippen LogP contribution in [0.2, 0.25) is 0 Å². The second-order valence-corrected chi connectivity index (χ2v) is 10.1. The highest BCUT2D eigenvalue weighted by Crippen LogP contribution is 2.30. The van der Waals surface area contributed by atoms with Crippen LogP contribution in [0.25, 0.3) is 22.3 Å². The maximum absolute atomic E-state index is 5.87. The van der Waals surface area contributed by atoms with E-state index in [1.165, 1.54) is 0 Å². The van der Waals surface area contributed by atoms with Crippen molar-refractivity contribution in [1.82, 2.24) is 0 Å². The van der Waals surface area contributed by atoms with Crippen LogP contribution in [0.5, 0.6) is 11.5 Å². The van der Waals surface area contributed by atoms with E-state index >= 15 is 0 Å². The summed E-state index contributed by atoms with van der Waals surface area (Å²) in [5.74, 6) is 1.56. The largest absolute Gasteiger partial charge is 0.465 e. The van der Waals surface area contributed by atoms with Gasteiger partial charge in [0.05, 0.1) is 26.4 Å². The number of rotatable bonds is 12. The van der Waals surface area contributed by atoms with Gasteiger partial charge in [0, 0.05) is 0 Å². The van der Waals surface area contributed by atoms with Crippen LogP contribution in [0.15, 0.2) is 72.8 Å². The summed E-state index contributed by atoms with van der Waals surface area (Å²) in [6, 6.07) is 24.7. The standard InChI is InChI=1S/C30H34O6/c1-21(31-17-29(3)19-33-29)35-27-13-9-25(10-14-27)23-5-7-24(8-6-23)26-11-15-28(16-12-26)36-22(2)32-18-30(4)20-34-30/h5-16,21-22H,17-20H2,1-4H3. The van der Waals surface area contributed by atoms with Crippen LogP contribution < -0.4 is 9.47 Å². The van der Waals surface area contributed by atoms with Gasteiger partial charge in [0.1, 0.15) is 22.7 Å². The normalized spacial score (nSPS) is 24.1. The lowest BCUT2D eigenvalue weighted by Gasteiger charge is -2.17. The molecule has 2 aliphatic heterocycles. The highest BCUT2D eigenvalue weighted by molar-refractivity contribution is 5.71. The zero-order valence-corrected chi connectivity index (χ0v) is 21.4. The number of epoxide rings is 2. The molecule has 2 fully saturated rings. The Morgan fingerprint density at radius 2 is 0.861 bits per heavy atom. The maximum atomic E-state index is 5.87. The minimum Gasteiger partial charge on any atom is -0.465 e. The highest BCUT2D eigenvalue weighted by Gasteiger charge is 2.40. The van der Waals surface area contributed by atoms with Crippen LogP contribution in [0.3, 0.4) is 0 Å². The Labute approximate surface area is 213 Å². The Balaban J connectivity index is 1.13. The molecule has 3 aromatic carbocycles. The minimum atomic E-state index is -0.329. The Hall–Kier alpha value is -2.90. The second kappa shape index (κ2) is 10.2. The van der Waals surface area contributed by atoms with Crippen LogP contribution in [-0.4, -0.2) is 50.2 Å². The molecule has 2 heterocycles. The molecule has 0 saturated carbocycles. The molecule has 4 atom stereocenters. The fourth-order valence-corrected chi connectivity index (χ4v) is 3.76. The van der Waals surface area contributed by atoms with E-state index in [0.29, 0.717) is 13.2 Å². The van der Waals surface area contributed by atoms with Crippen LogP contribution >= 0.6 is 0 Å². The molecule has 2 saturated heterocycles. The SMILES string of the molecule is CC(OCC1(C)CO1)Oc1ccc(-c2ccc(-c3ccc(OC(C)OCC4(C)CO4)cc3)cc2)cc1. The van der Waals surface area contributed by atoms with Crippen molar-refractivity contribution >= 4 is 0 Å². The third-order valence-electron chi connectivity index (χ3n) is 6.39. The molecule has 0 bridgehead atoms. The average molecular weight is 491 g/mol. The lowest BCUT2D eigenvalue weighted by molar-refractivity contribution is -0.0813. The number of ether oxygens (including phenoxy) is 6. The molecule has 6 heteroatoms. The first kappa shape index (κ1) is 24.8. The lowest BCUT2D eigenvalue weighted by atomic mass is 10.0. The molecule has 0 spiro atoms. The molecule has 190 valence electrons. The first-order chi connectivity index (χ1) is 17.3. The Kier molecular flexibility index (Phi) is 7.04. The fourth-order valence-electron chi connectivity index (χ4n) is 3.76. The van der Waals surface area contributed by atoms with E-state index in [4.69, 9.17) is 28.4 Å². The van der Waals surface area contributed by atoms with Crippen LogP contribution in [0.1, 0.15) is 27.7 Å². The van der Waals surface area contributed by atoms with Gasteiger partial charge in [-0.3, -0.25) is 0 Å². The van der Waals surface area contributed by atoms with Crippen molar-refractivity contribution in [2.75, 3.05) is 26.4 Å². The molecular formula is C30H34O6. The quantitative estimate of drug-likeness (QED) is 0.226. The topological polar surface area (TPSA) is 62.0 Å². The summed E-state index contributed by atoms with van der Waals surface area (Å²) in [6.07, 6.45) is -0.658. The van der Waals surface area contributed by atoms with Gasteiger partial charge < -0.3 is 28.4 Å². The Morgan fingerprint density at radius 1 is 0.583 bits per heavy atom. The van der Waals surface area contributed by atoms with Gasteiger partial charge in [-0.2, -0.15) is 0 Å². The van der Waals surface area contributed by atoms with Gasteiger partial charge in [-0.05, 0) is 74.2 Å². The predicted molar refractivity (Wildman–Crippen MR) is 138 cm³/mol. The number of benzene rings is 3. The summed E-state index contributed by atoms with van der Waals surface area (Å²) in [4.78, 5) is 0. The molecule has 36 heavy (non-hydrogen) atoms. The molecule has 5 rings (SSSR count). The van der Waals surface area contributed by atoms with Crippen LogP contribution in [0, 0.1) is 0 Å². The Morgan fingerprint density at radius 3 is 1.14 bits per heavy atom. The van der Waals surface area contributed by atoms with Crippen molar-refractivity contribution in [3.8, 4) is 33.8 Å². The van der Waals surface area contributed by atoms with E-state index in [0.717, 1.165) is 47.0 Å². The summed E-state index contributed by atoms with van der Waals surface area (Å²) in [5, 5.41) is 0. The van der Waals surface area contributed by atoms with Crippen molar-refractivity contribution < 1.29 is 28.4 Å². The van der Waals surface area contributed by atoms with Crippen molar-refractivity contribution in [3.05, 3.63) is 72.8 Å². The van der Waals surface area contributed by atoms with E-state index in [1.807, 2.05) is 52.0 Å². The molecule has 2 aliphatic rings. The van der Waals surface area contributed by atoms with Crippen LogP contribution in [-0.2, 0) is 18.9 Å². The monoisotopic (exact) mass is 490 g/mol. The van der Waals surface area contributed by atoms with Crippen molar-refractivity contribution in [2.24, 2.45) is 0 Å². The summed E-state index contributed by atoms with van der Waals surface area (Å²) >= 11 is 0. The molecule has 6 nitrogen and oxygen atoms in total. The average Bonchev–Trinajstić information content (AvgIpc) is 3.81. The van der Waals surface area contributed by atoms with Gasteiger partial charge in [0.15, 0.2) is 12.6 Å². The summed E-state index contributed by atoms with van der Waals surface area (Å²) in [5.41, 5.74) is 4.27. The van der Waals surface area contributed by atoms with Gasteiger partial charge in [-0.1, -0.05) is 48.5 Å². The van der Waals surface area contributed by atoms with Gasteiger partial charge in [0.2, 0.25) is 0 Å². The highest BCUT2D eigenvalue weighted by atomic mass is 16.7. The van der Waals surface area contributed by atoms with Crippen molar-refractivity contribution in [3.63, 3.8) is 0 Å². The van der Waals surface area contributed by atoms with E-state index in [-0.39, 0.29) is 23.8 Å². The summed E-state index contributed by atoms with van der Waals surface area (Å²) in [7, 11) is 0. The van der Waals surface area contributed by atoms with Crippen molar-refractivity contribution in [1.29, 1.82) is 0 Å². The minimum absolute atomic E-state index is 0.138. The smallest absolute Gasteiger partial charge is 0.197 e. The van der Waals surface area contributed by atoms with E-state index < -0.39 is 0 Å². The van der Waals surface area contributed by atoms with Crippen LogP contribution in [0.4, 0.5) is 0 Å². The first-order valence-electron chi connectivity index (χ1n) is 12.4. The fraction of sp³-hybridized carbons (Fsp3) is 0.400. The Bertz CT molecular complexity index is 1040. The summed E-state index contributed by atoms with van der Waals surface area (Å²) in [6.45, 7) is 10.4. The maximum Gasteiger partial charge on any atom is 0.197 e. The van der Waals surface area contributed by atoms with E-state index in [1.54, 1.807) is 0 Å². The lowest BCUT2D eigenvalue weighted by Crippen LogP contribution is -2.23. The van der Waals surface area contributed by atoms with Crippen molar-refractivity contribution in [2.45, 2.75) is 51.5 Å². The molecule has 4 unspecified atom stereocenters. The molecule has 0 aromatic heterocycles. The summed E-state index contributed by atoms with van der Waals surface area (Å²) < 4.78 is 33.9. The molecule has 0 amide bonds. The zero-order valence-electron chi connectivity index (χ0n) is 21.4. The van der Waals surface area contributed by atoms with E-state index in [9.17, 15) is 0 Å². The van der Waals surface area contributed by atoms with E-state index in [2.05, 4.69) is 48.5 Å². The number of hydrogen-bond acceptors (Lipinski definition) is 6. The van der Waals surface area contributed by atoms with Gasteiger partial charge >= 0.3 is 0 Å². The molecule has 0 aliphatic carbocycles. The zero-order chi connectivity index (χ0) is 25.2. The van der Waals surface area contributed by atoms with Gasteiger partial charge in [-0.15, -0.1) is 0 Å². The first-order valence-corrected chi connectivity index (χ1v) is 12.4. The molecular weight excluding hydrogens is 456 g/mol. The molecule has 0 N–H and O–H groups in total. The van der Waals surface area contributed by atoms with Gasteiger partial charge in [-0.25, -0.2) is 0 Å². The molecule has 0 radical (unpaired) electrons. The number of hydrogen-bond donors (Lipinski definition) is 0. The third kappa shape index (κ3) is 6.65.